The largest absolute Gasteiger partial charge is 0.444 e. The summed E-state index contributed by atoms with van der Waals surface area (Å²) in [6.45, 7) is 7.13. The molecule has 40 heavy (non-hydrogen) atoms. The third-order valence-corrected chi connectivity index (χ3v) is 8.21. The topological polar surface area (TPSA) is 102 Å². The van der Waals surface area contributed by atoms with Crippen LogP contribution in [0.4, 0.5) is 4.79 Å². The number of nitrogens with one attached hydrogen (secondary N) is 1. The zero-order valence-electron chi connectivity index (χ0n) is 22.8. The second-order valence-electron chi connectivity index (χ2n) is 11.0. The molecule has 4 atom stereocenters. The molecule has 0 spiro atoms. The fraction of sp³-hybridized carbons (Fsp3) is 0.467. The van der Waals surface area contributed by atoms with Crippen molar-refractivity contribution in [1.82, 2.24) is 30.1 Å². The van der Waals surface area contributed by atoms with Crippen molar-refractivity contribution in [2.75, 3.05) is 45.9 Å². The van der Waals surface area contributed by atoms with Crippen molar-refractivity contribution in [1.29, 1.82) is 0 Å². The summed E-state index contributed by atoms with van der Waals surface area (Å²) in [5.74, 6) is 0.827. The summed E-state index contributed by atoms with van der Waals surface area (Å²) in [4.78, 5) is 31.9. The fourth-order valence-corrected chi connectivity index (χ4v) is 6.09. The number of carbonyl (C=O) groups excluding carboxylic acids is 2. The van der Waals surface area contributed by atoms with Crippen LogP contribution in [0.5, 0.6) is 0 Å². The highest BCUT2D eigenvalue weighted by Gasteiger charge is 2.42. The molecule has 0 radical (unpaired) electrons. The van der Waals surface area contributed by atoms with E-state index < -0.39 is 6.09 Å². The Hall–Kier alpha value is -3.76. The first-order chi connectivity index (χ1) is 19.5. The molecule has 6 rings (SSSR count). The monoisotopic (exact) mass is 544 g/mol. The standard InChI is InChI=1S/C30H36N6O4/c1-21-28(33-36(32-21)25-10-6-3-7-11-25)29(37)35-18-23-16-34(17-24(23)19-35)14-12-27(22-8-4-2-5-9-22)31-30(38)40-26-13-15-39-20-26/h2-11,23-24,26-27H,12-20H2,1H3,(H,31,38)/t23-,24?,26?,27?/m0/s1. The maximum absolute atomic E-state index is 13.4. The molecule has 1 aromatic heterocycles. The van der Waals surface area contributed by atoms with Crippen LogP contribution in [0.3, 0.4) is 0 Å². The molecule has 2 amide bonds. The normalized spacial score (nSPS) is 23.2. The maximum atomic E-state index is 13.4. The van der Waals surface area contributed by atoms with Crippen molar-refractivity contribution in [2.24, 2.45) is 11.8 Å². The van der Waals surface area contributed by atoms with Crippen LogP contribution in [-0.2, 0) is 9.47 Å². The van der Waals surface area contributed by atoms with E-state index in [1.54, 1.807) is 0 Å². The summed E-state index contributed by atoms with van der Waals surface area (Å²) in [5.41, 5.74) is 2.97. The first-order valence-corrected chi connectivity index (χ1v) is 14.1. The van der Waals surface area contributed by atoms with Crippen LogP contribution < -0.4 is 5.32 Å². The first-order valence-electron chi connectivity index (χ1n) is 14.1. The Kier molecular flexibility index (Phi) is 7.79. The van der Waals surface area contributed by atoms with Crippen molar-refractivity contribution in [2.45, 2.75) is 31.9 Å². The van der Waals surface area contributed by atoms with Crippen LogP contribution in [-0.4, -0.2) is 88.8 Å². The Bertz CT molecular complexity index is 1300. The third-order valence-electron chi connectivity index (χ3n) is 8.21. The zero-order valence-corrected chi connectivity index (χ0v) is 22.8. The molecule has 3 aromatic rings. The van der Waals surface area contributed by atoms with Gasteiger partial charge in [0.05, 0.1) is 30.6 Å². The van der Waals surface area contributed by atoms with Gasteiger partial charge in [-0.05, 0) is 42.9 Å². The van der Waals surface area contributed by atoms with Crippen molar-refractivity contribution in [3.05, 3.63) is 77.6 Å². The van der Waals surface area contributed by atoms with Crippen LogP contribution in [0.2, 0.25) is 0 Å². The molecular weight excluding hydrogens is 508 g/mol. The molecule has 3 aliphatic rings. The molecule has 2 aromatic carbocycles. The number of fused-ring (bicyclic) bond motifs is 1. The summed E-state index contributed by atoms with van der Waals surface area (Å²) in [6, 6.07) is 19.6. The number of nitrogens with zero attached hydrogens (tertiary/aromatic N) is 5. The number of para-hydroxylation sites is 1. The van der Waals surface area contributed by atoms with Gasteiger partial charge >= 0.3 is 6.09 Å². The number of rotatable bonds is 8. The first kappa shape index (κ1) is 26.5. The Balaban J connectivity index is 1.03. The van der Waals surface area contributed by atoms with Crippen LogP contribution in [0.25, 0.3) is 5.69 Å². The highest BCUT2D eigenvalue weighted by molar-refractivity contribution is 5.93. The van der Waals surface area contributed by atoms with Crippen molar-refractivity contribution < 1.29 is 19.1 Å². The van der Waals surface area contributed by atoms with Gasteiger partial charge in [0.25, 0.3) is 5.91 Å². The summed E-state index contributed by atoms with van der Waals surface area (Å²) < 4.78 is 10.9. The van der Waals surface area contributed by atoms with Gasteiger partial charge in [-0.3, -0.25) is 4.79 Å². The predicted octanol–water partition coefficient (Wildman–Crippen LogP) is 3.23. The van der Waals surface area contributed by atoms with E-state index in [1.807, 2.05) is 72.5 Å². The molecule has 3 saturated heterocycles. The van der Waals surface area contributed by atoms with E-state index in [1.165, 1.54) is 4.80 Å². The molecular formula is C30H36N6O4. The highest BCUT2D eigenvalue weighted by atomic mass is 16.6. The third kappa shape index (κ3) is 5.88. The van der Waals surface area contributed by atoms with E-state index in [0.717, 1.165) is 56.8 Å². The summed E-state index contributed by atoms with van der Waals surface area (Å²) in [7, 11) is 0. The molecule has 3 unspecified atom stereocenters. The Morgan fingerprint density at radius 2 is 1.70 bits per heavy atom. The van der Waals surface area contributed by atoms with Crippen LogP contribution in [0, 0.1) is 18.8 Å². The van der Waals surface area contributed by atoms with E-state index in [9.17, 15) is 9.59 Å². The second kappa shape index (κ2) is 11.8. The van der Waals surface area contributed by atoms with Crippen molar-refractivity contribution in [3.8, 4) is 5.69 Å². The lowest BCUT2D eigenvalue weighted by atomic mass is 10.0. The number of aromatic nitrogens is 3. The molecule has 0 saturated carbocycles. The second-order valence-corrected chi connectivity index (χ2v) is 11.0. The van der Waals surface area contributed by atoms with Gasteiger partial charge in [0.15, 0.2) is 5.69 Å². The lowest BCUT2D eigenvalue weighted by Gasteiger charge is -2.25. The Labute approximate surface area is 234 Å². The highest BCUT2D eigenvalue weighted by Crippen LogP contribution is 2.32. The van der Waals surface area contributed by atoms with Crippen LogP contribution in [0.1, 0.15) is 40.6 Å². The van der Waals surface area contributed by atoms with E-state index in [4.69, 9.17) is 9.47 Å². The van der Waals surface area contributed by atoms with Gasteiger partial charge in [0, 0.05) is 39.1 Å². The van der Waals surface area contributed by atoms with Gasteiger partial charge in [-0.2, -0.15) is 9.90 Å². The molecule has 3 fully saturated rings. The smallest absolute Gasteiger partial charge is 0.407 e. The average Bonchev–Trinajstić information content (AvgIpc) is 3.76. The van der Waals surface area contributed by atoms with Gasteiger partial charge < -0.3 is 24.6 Å². The number of benzene rings is 2. The number of hydrogen-bond donors (Lipinski definition) is 1. The average molecular weight is 545 g/mol. The predicted molar refractivity (Wildman–Crippen MR) is 148 cm³/mol. The van der Waals surface area contributed by atoms with Crippen LogP contribution >= 0.6 is 0 Å². The van der Waals surface area contributed by atoms with E-state index in [2.05, 4.69) is 20.4 Å². The number of amides is 2. The number of alkyl carbamates (subject to hydrolysis) is 1. The summed E-state index contributed by atoms with van der Waals surface area (Å²) >= 11 is 0. The number of hydrogen-bond acceptors (Lipinski definition) is 7. The van der Waals surface area contributed by atoms with Gasteiger partial charge in [0.1, 0.15) is 6.10 Å². The quantitative estimate of drug-likeness (QED) is 0.465. The van der Waals surface area contributed by atoms with E-state index in [0.29, 0.717) is 36.4 Å². The number of carbonyl (C=O) groups is 2. The lowest BCUT2D eigenvalue weighted by Crippen LogP contribution is -2.36. The lowest BCUT2D eigenvalue weighted by molar-refractivity contribution is 0.0766. The Morgan fingerprint density at radius 1 is 1.00 bits per heavy atom. The molecule has 10 heteroatoms. The molecule has 3 aliphatic heterocycles. The summed E-state index contributed by atoms with van der Waals surface area (Å²) in [5, 5.41) is 12.1. The number of ether oxygens (including phenoxy) is 2. The minimum absolute atomic E-state index is 0.0415. The van der Waals surface area contributed by atoms with Gasteiger partial charge in [-0.25, -0.2) is 4.79 Å². The minimum atomic E-state index is -0.392. The van der Waals surface area contributed by atoms with Crippen LogP contribution in [0.15, 0.2) is 60.7 Å². The number of likely N-dealkylation sites (tertiary alicyclic amines) is 2. The van der Waals surface area contributed by atoms with Crippen molar-refractivity contribution in [3.63, 3.8) is 0 Å². The minimum Gasteiger partial charge on any atom is -0.444 e. The van der Waals surface area contributed by atoms with Gasteiger partial charge in [-0.15, -0.1) is 5.10 Å². The summed E-state index contributed by atoms with van der Waals surface area (Å²) in [6.07, 6.45) is 0.956. The fourth-order valence-electron chi connectivity index (χ4n) is 6.09. The van der Waals surface area contributed by atoms with Gasteiger partial charge in [0.2, 0.25) is 0 Å². The molecule has 10 nitrogen and oxygen atoms in total. The zero-order chi connectivity index (χ0) is 27.5. The molecule has 0 bridgehead atoms. The maximum Gasteiger partial charge on any atom is 0.407 e. The molecule has 1 N–H and O–H groups in total. The Morgan fingerprint density at radius 3 is 2.38 bits per heavy atom. The molecule has 0 aliphatic carbocycles. The number of aryl methyl sites for hydroxylation is 1. The SMILES string of the molecule is Cc1nn(-c2ccccc2)nc1C(=O)N1CC2CN(CCC(NC(=O)OC3CCOC3)c3ccccc3)C[C@H]2C1. The van der Waals surface area contributed by atoms with Crippen molar-refractivity contribution >= 4 is 12.0 Å². The van der Waals surface area contributed by atoms with E-state index in [-0.39, 0.29) is 18.1 Å². The van der Waals surface area contributed by atoms with E-state index >= 15 is 0 Å². The molecule has 210 valence electrons. The van der Waals surface area contributed by atoms with Gasteiger partial charge in [-0.1, -0.05) is 48.5 Å². The molecule has 4 heterocycles.